The van der Waals surface area contributed by atoms with Crippen LogP contribution in [0.1, 0.15) is 36.8 Å². The molecule has 1 atom stereocenters. The summed E-state index contributed by atoms with van der Waals surface area (Å²) in [5, 5.41) is 4.59. The first kappa shape index (κ1) is 23.5. The molecule has 0 N–H and O–H groups in total. The van der Waals surface area contributed by atoms with Crippen LogP contribution in [0.5, 0.6) is 0 Å². The van der Waals surface area contributed by atoms with E-state index in [9.17, 15) is 4.79 Å². The fourth-order valence-electron chi connectivity index (χ4n) is 4.66. The molecule has 0 unspecified atom stereocenters. The normalized spacial score (nSPS) is 17.8. The van der Waals surface area contributed by atoms with Crippen molar-refractivity contribution in [3.63, 3.8) is 0 Å². The molecule has 3 aromatic heterocycles. The Morgan fingerprint density at radius 3 is 2.63 bits per heavy atom. The first-order chi connectivity index (χ1) is 16.5. The predicted octanol–water partition coefficient (Wildman–Crippen LogP) is 4.86. The smallest absolute Gasteiger partial charge is 0.261 e. The Morgan fingerprint density at radius 2 is 1.94 bits per heavy atom. The van der Waals surface area contributed by atoms with Gasteiger partial charge in [-0.05, 0) is 52.0 Å². The van der Waals surface area contributed by atoms with Gasteiger partial charge in [0.05, 0.1) is 17.5 Å². The summed E-state index contributed by atoms with van der Waals surface area (Å²) in [5.41, 5.74) is 3.53. The molecule has 4 aromatic rings. The summed E-state index contributed by atoms with van der Waals surface area (Å²) in [4.78, 5) is 20.1. The lowest BCUT2D eigenvalue weighted by Gasteiger charge is -2.43. The summed E-state index contributed by atoms with van der Waals surface area (Å²) >= 11 is 6.01. The van der Waals surface area contributed by atoms with Crippen LogP contribution in [0, 0.1) is 19.7 Å². The molecule has 35 heavy (non-hydrogen) atoms. The van der Waals surface area contributed by atoms with Gasteiger partial charge in [0.15, 0.2) is 0 Å². The molecule has 0 bridgehead atoms. The van der Waals surface area contributed by atoms with Gasteiger partial charge >= 0.3 is 0 Å². The Morgan fingerprint density at radius 1 is 1.17 bits per heavy atom. The molecule has 1 aromatic carbocycles. The molecular weight excluding hydrogens is 469 g/mol. The summed E-state index contributed by atoms with van der Waals surface area (Å²) in [6.07, 6.45) is 5.32. The van der Waals surface area contributed by atoms with Gasteiger partial charge in [0.2, 0.25) is 0 Å². The summed E-state index contributed by atoms with van der Waals surface area (Å²) in [7, 11) is 1.87. The number of halogens is 2. The number of fused-ring (bicyclic) bond motifs is 1. The Balaban J connectivity index is 1.71. The minimum atomic E-state index is -0.473. The number of hydrogen-bond acceptors (Lipinski definition) is 5. The van der Waals surface area contributed by atoms with Crippen LogP contribution in [0.25, 0.3) is 16.8 Å². The second-order valence-corrected chi connectivity index (χ2v) is 10.2. The second kappa shape index (κ2) is 8.46. The maximum Gasteiger partial charge on any atom is 0.261 e. The van der Waals surface area contributed by atoms with Gasteiger partial charge in [0, 0.05) is 65.5 Å². The summed E-state index contributed by atoms with van der Waals surface area (Å²) in [6, 6.07) is 6.43. The number of anilines is 1. The van der Waals surface area contributed by atoms with Crippen molar-refractivity contribution in [3.05, 3.63) is 80.9 Å². The van der Waals surface area contributed by atoms with Crippen molar-refractivity contribution in [1.29, 1.82) is 0 Å². The maximum atomic E-state index is 15.1. The molecule has 0 aliphatic carbocycles. The van der Waals surface area contributed by atoms with E-state index in [4.69, 9.17) is 16.3 Å². The van der Waals surface area contributed by atoms with Crippen molar-refractivity contribution in [2.45, 2.75) is 39.4 Å². The summed E-state index contributed by atoms with van der Waals surface area (Å²) in [6.45, 7) is 8.74. The molecule has 1 saturated heterocycles. The predicted molar refractivity (Wildman–Crippen MR) is 135 cm³/mol. The van der Waals surface area contributed by atoms with Crippen molar-refractivity contribution < 1.29 is 9.13 Å². The minimum Gasteiger partial charge on any atom is -0.364 e. The highest BCUT2D eigenvalue weighted by Crippen LogP contribution is 2.36. The van der Waals surface area contributed by atoms with Gasteiger partial charge in [-0.1, -0.05) is 11.6 Å². The molecule has 0 spiro atoms. The van der Waals surface area contributed by atoms with Crippen LogP contribution in [-0.4, -0.2) is 37.9 Å². The van der Waals surface area contributed by atoms with Crippen molar-refractivity contribution in [2.24, 2.45) is 7.05 Å². The number of ether oxygens (including phenoxy) is 1. The van der Waals surface area contributed by atoms with E-state index in [0.717, 1.165) is 11.3 Å². The lowest BCUT2D eigenvalue weighted by atomic mass is 10.0. The Bertz CT molecular complexity index is 1510. The molecule has 5 rings (SSSR count). The van der Waals surface area contributed by atoms with E-state index in [1.165, 1.54) is 10.5 Å². The number of benzene rings is 1. The molecule has 7 nitrogen and oxygen atoms in total. The molecule has 0 saturated carbocycles. The topological polar surface area (TPSA) is 64.7 Å². The zero-order chi connectivity index (χ0) is 25.1. The zero-order valence-electron chi connectivity index (χ0n) is 20.3. The van der Waals surface area contributed by atoms with Crippen LogP contribution in [0.15, 0.2) is 47.7 Å². The molecule has 4 heterocycles. The van der Waals surface area contributed by atoms with Crippen LogP contribution in [0.3, 0.4) is 0 Å². The highest BCUT2D eigenvalue weighted by Gasteiger charge is 2.35. The third-order valence-electron chi connectivity index (χ3n) is 6.48. The van der Waals surface area contributed by atoms with Gasteiger partial charge in [-0.3, -0.25) is 13.9 Å². The van der Waals surface area contributed by atoms with E-state index in [-0.39, 0.29) is 11.7 Å². The number of pyridine rings is 1. The van der Waals surface area contributed by atoms with Gasteiger partial charge in [0.25, 0.3) is 5.56 Å². The van der Waals surface area contributed by atoms with Gasteiger partial charge < -0.3 is 9.64 Å². The van der Waals surface area contributed by atoms with Crippen LogP contribution >= 0.6 is 11.6 Å². The monoisotopic (exact) mass is 495 g/mol. The van der Waals surface area contributed by atoms with E-state index in [2.05, 4.69) is 15.0 Å². The molecule has 1 aliphatic rings. The molecule has 1 fully saturated rings. The number of aromatic nitrogens is 4. The molecule has 0 radical (unpaired) electrons. The fraction of sp³-hybridized carbons (Fsp3) is 0.346. The number of aryl methyl sites for hydroxylation is 2. The third kappa shape index (κ3) is 4.32. The number of rotatable bonds is 3. The van der Waals surface area contributed by atoms with E-state index in [0.29, 0.717) is 46.1 Å². The van der Waals surface area contributed by atoms with Gasteiger partial charge in [-0.2, -0.15) is 5.10 Å². The van der Waals surface area contributed by atoms with Gasteiger partial charge in [-0.25, -0.2) is 9.37 Å². The largest absolute Gasteiger partial charge is 0.364 e. The van der Waals surface area contributed by atoms with Gasteiger partial charge in [0.1, 0.15) is 17.6 Å². The molecular formula is C26H27ClFN5O2. The standard InChI is InChI=1S/C26H27ClFN5O2/c1-15-16(2)30-24-21(20-7-6-18(27)8-22(20)28)9-19(12-33(24)25(15)34)32-13-23(35-26(3,4)14-32)17-10-29-31(5)11-17/h6-12,23H,13-14H2,1-5H3/t23-/m0/s1. The maximum absolute atomic E-state index is 15.1. The van der Waals surface area contributed by atoms with E-state index in [1.54, 1.807) is 43.1 Å². The van der Waals surface area contributed by atoms with Crippen LogP contribution in [-0.2, 0) is 11.8 Å². The lowest BCUT2D eigenvalue weighted by Crippen LogP contribution is -2.49. The summed E-state index contributed by atoms with van der Waals surface area (Å²) in [5.74, 6) is -0.473. The van der Waals surface area contributed by atoms with Crippen LogP contribution in [0.2, 0.25) is 5.02 Å². The highest BCUT2D eigenvalue weighted by atomic mass is 35.5. The average Bonchev–Trinajstić information content (AvgIpc) is 3.23. The number of morpholine rings is 1. The van der Waals surface area contributed by atoms with E-state index in [1.807, 2.05) is 33.2 Å². The average molecular weight is 496 g/mol. The minimum absolute atomic E-state index is 0.179. The van der Waals surface area contributed by atoms with Crippen molar-refractivity contribution in [2.75, 3.05) is 18.0 Å². The molecule has 1 aliphatic heterocycles. The summed E-state index contributed by atoms with van der Waals surface area (Å²) < 4.78 is 24.7. The fourth-order valence-corrected chi connectivity index (χ4v) is 4.82. The second-order valence-electron chi connectivity index (χ2n) is 9.75. The highest BCUT2D eigenvalue weighted by molar-refractivity contribution is 6.30. The van der Waals surface area contributed by atoms with Crippen molar-refractivity contribution >= 4 is 22.9 Å². The molecule has 0 amide bonds. The quantitative estimate of drug-likeness (QED) is 0.406. The number of nitrogens with zero attached hydrogens (tertiary/aromatic N) is 5. The van der Waals surface area contributed by atoms with Crippen molar-refractivity contribution in [1.82, 2.24) is 19.2 Å². The van der Waals surface area contributed by atoms with Gasteiger partial charge in [-0.15, -0.1) is 0 Å². The Kier molecular flexibility index (Phi) is 5.68. The number of hydrogen-bond donors (Lipinski definition) is 0. The van der Waals surface area contributed by atoms with Crippen LogP contribution in [0.4, 0.5) is 10.1 Å². The van der Waals surface area contributed by atoms with E-state index >= 15 is 4.39 Å². The third-order valence-corrected chi connectivity index (χ3v) is 6.72. The molecule has 182 valence electrons. The Hall–Kier alpha value is -3.23. The lowest BCUT2D eigenvalue weighted by molar-refractivity contribution is -0.0855. The Labute approximate surface area is 207 Å². The molecule has 9 heteroatoms. The van der Waals surface area contributed by atoms with E-state index < -0.39 is 11.4 Å². The first-order valence-electron chi connectivity index (χ1n) is 11.4. The zero-order valence-corrected chi connectivity index (χ0v) is 21.1. The SMILES string of the molecule is Cc1nc2c(-c3ccc(Cl)cc3F)cc(N3C[C@@H](c4cnn(C)c4)OC(C)(C)C3)cn2c(=O)c1C. The van der Waals surface area contributed by atoms with Crippen molar-refractivity contribution in [3.8, 4) is 11.1 Å². The van der Waals surface area contributed by atoms with Crippen LogP contribution < -0.4 is 10.5 Å². The first-order valence-corrected chi connectivity index (χ1v) is 11.8.